The minimum Gasteiger partial charge on any atom is -0.358 e. The topological polar surface area (TPSA) is 120 Å². The first kappa shape index (κ1) is 29.1. The van der Waals surface area contributed by atoms with Crippen molar-refractivity contribution < 1.29 is 27.1 Å². The highest BCUT2D eigenvalue weighted by atomic mass is 19.4. The zero-order chi connectivity index (χ0) is 31.0. The number of hydrogen-bond donors (Lipinski definition) is 2. The van der Waals surface area contributed by atoms with Crippen molar-refractivity contribution in [3.63, 3.8) is 0 Å². The van der Waals surface area contributed by atoms with E-state index >= 15 is 0 Å². The van der Waals surface area contributed by atoms with Crippen molar-refractivity contribution in [2.24, 2.45) is 0 Å². The third kappa shape index (κ3) is 5.67. The summed E-state index contributed by atoms with van der Waals surface area (Å²) in [5.74, 6) is -1.29. The van der Waals surface area contributed by atoms with Crippen molar-refractivity contribution in [3.8, 4) is 11.3 Å². The molecule has 1 aliphatic rings. The first-order valence-corrected chi connectivity index (χ1v) is 13.8. The van der Waals surface area contributed by atoms with Gasteiger partial charge in [0.1, 0.15) is 41.1 Å². The van der Waals surface area contributed by atoms with Gasteiger partial charge in [0.15, 0.2) is 11.5 Å². The van der Waals surface area contributed by atoms with E-state index in [4.69, 9.17) is 9.72 Å². The second-order valence-corrected chi connectivity index (χ2v) is 10.3. The van der Waals surface area contributed by atoms with Crippen LogP contribution in [0.4, 0.5) is 34.8 Å². The highest BCUT2D eigenvalue weighted by Crippen LogP contribution is 2.35. The molecule has 1 saturated heterocycles. The van der Waals surface area contributed by atoms with Crippen molar-refractivity contribution in [1.29, 1.82) is 0 Å². The standard InChI is InChI=1S/C30H26F4N8O2/c1-16-8-9-18(40-29(43)23-13-20(30(32,33)34)21(31)14-36-23)12-22(16)41-27-19(6-5-10-35-27)25-26-28(38-15-37-25)42(17(2)39-26)24-7-3-4-11-44-24/h5-6,8-10,12-15,24H,3-4,7,11H2,1-2H3,(H,35,41)(H,40,43). The smallest absolute Gasteiger partial charge is 0.358 e. The molecule has 0 aliphatic carbocycles. The molecule has 10 nitrogen and oxygen atoms in total. The Balaban J connectivity index is 1.30. The number of carbonyl (C=O) groups excluding carboxylic acids is 1. The van der Waals surface area contributed by atoms with Gasteiger partial charge in [-0.05, 0) is 69.0 Å². The molecule has 1 fully saturated rings. The van der Waals surface area contributed by atoms with Gasteiger partial charge in [-0.3, -0.25) is 9.36 Å². The van der Waals surface area contributed by atoms with Crippen LogP contribution in [0, 0.1) is 19.7 Å². The summed E-state index contributed by atoms with van der Waals surface area (Å²) in [7, 11) is 0. The van der Waals surface area contributed by atoms with Crippen molar-refractivity contribution in [1.82, 2.24) is 29.5 Å². The number of benzene rings is 1. The number of anilines is 3. The normalized spacial score (nSPS) is 15.4. The molecule has 1 atom stereocenters. The SMILES string of the molecule is Cc1ccc(NC(=O)c2cc(C(F)(F)F)c(F)cn2)cc1Nc1ncccc1-c1ncnc2c1nc(C)n2C1CCCCO1. The number of carbonyl (C=O) groups is 1. The van der Waals surface area contributed by atoms with Crippen LogP contribution in [0.1, 0.15) is 52.9 Å². The van der Waals surface area contributed by atoms with E-state index in [0.29, 0.717) is 52.8 Å². The number of nitrogens with zero attached hydrogens (tertiary/aromatic N) is 6. The van der Waals surface area contributed by atoms with Crippen LogP contribution in [-0.2, 0) is 10.9 Å². The van der Waals surface area contributed by atoms with E-state index in [1.54, 1.807) is 30.5 Å². The summed E-state index contributed by atoms with van der Waals surface area (Å²) in [5.41, 5.74) is 1.93. The average molecular weight is 607 g/mol. The van der Waals surface area contributed by atoms with Gasteiger partial charge in [-0.1, -0.05) is 6.07 Å². The van der Waals surface area contributed by atoms with E-state index in [1.165, 1.54) is 6.33 Å². The molecule has 6 rings (SSSR count). The number of aryl methyl sites for hydroxylation is 2. The number of hydrogen-bond acceptors (Lipinski definition) is 8. The van der Waals surface area contributed by atoms with Crippen molar-refractivity contribution >= 4 is 34.3 Å². The second-order valence-electron chi connectivity index (χ2n) is 10.3. The first-order valence-electron chi connectivity index (χ1n) is 13.8. The van der Waals surface area contributed by atoms with Gasteiger partial charge in [-0.15, -0.1) is 0 Å². The van der Waals surface area contributed by atoms with Crippen molar-refractivity contribution in [3.05, 3.63) is 83.6 Å². The van der Waals surface area contributed by atoms with Gasteiger partial charge in [0.2, 0.25) is 0 Å². The number of ether oxygens (including phenoxy) is 1. The minimum atomic E-state index is -4.97. The Morgan fingerprint density at radius 3 is 2.68 bits per heavy atom. The molecule has 1 aliphatic heterocycles. The molecular weight excluding hydrogens is 580 g/mol. The first-order chi connectivity index (χ1) is 21.1. The molecule has 5 aromatic rings. The van der Waals surface area contributed by atoms with Crippen LogP contribution in [0.2, 0.25) is 0 Å². The average Bonchev–Trinajstić information content (AvgIpc) is 3.35. The molecule has 0 saturated carbocycles. The van der Waals surface area contributed by atoms with E-state index in [0.717, 1.165) is 30.7 Å². The number of aromatic nitrogens is 6. The van der Waals surface area contributed by atoms with Crippen LogP contribution < -0.4 is 10.6 Å². The van der Waals surface area contributed by atoms with Gasteiger partial charge in [-0.25, -0.2) is 29.3 Å². The Labute approximate surface area is 248 Å². The molecule has 1 unspecified atom stereocenters. The molecule has 2 N–H and O–H groups in total. The maximum Gasteiger partial charge on any atom is 0.419 e. The molecule has 1 amide bonds. The number of pyridine rings is 2. The maximum absolute atomic E-state index is 13.7. The largest absolute Gasteiger partial charge is 0.419 e. The molecule has 14 heteroatoms. The van der Waals surface area contributed by atoms with Crippen LogP contribution in [0.5, 0.6) is 0 Å². The minimum absolute atomic E-state index is 0.159. The fourth-order valence-corrected chi connectivity index (χ4v) is 5.12. The summed E-state index contributed by atoms with van der Waals surface area (Å²) < 4.78 is 61.1. The molecule has 4 aromatic heterocycles. The zero-order valence-corrected chi connectivity index (χ0v) is 23.6. The molecule has 0 radical (unpaired) electrons. The number of alkyl halides is 3. The number of nitrogens with one attached hydrogen (secondary N) is 2. The Morgan fingerprint density at radius 2 is 1.91 bits per heavy atom. The predicted molar refractivity (Wildman–Crippen MR) is 154 cm³/mol. The van der Waals surface area contributed by atoms with E-state index in [1.807, 2.05) is 24.5 Å². The molecule has 0 bridgehead atoms. The van der Waals surface area contributed by atoms with E-state index < -0.39 is 29.2 Å². The summed E-state index contributed by atoms with van der Waals surface area (Å²) >= 11 is 0. The summed E-state index contributed by atoms with van der Waals surface area (Å²) in [6.07, 6.45) is 1.25. The van der Waals surface area contributed by atoms with Crippen LogP contribution in [0.25, 0.3) is 22.4 Å². The third-order valence-corrected chi connectivity index (χ3v) is 7.30. The molecular formula is C30H26F4N8O2. The summed E-state index contributed by atoms with van der Waals surface area (Å²) in [6, 6.07) is 8.91. The molecule has 44 heavy (non-hydrogen) atoms. The predicted octanol–water partition coefficient (Wildman–Crippen LogP) is 6.75. The number of amides is 1. The Bertz CT molecular complexity index is 1870. The lowest BCUT2D eigenvalue weighted by molar-refractivity contribution is -0.140. The van der Waals surface area contributed by atoms with Crippen LogP contribution >= 0.6 is 0 Å². The van der Waals surface area contributed by atoms with Crippen LogP contribution in [0.15, 0.2) is 55.1 Å². The lowest BCUT2D eigenvalue weighted by Gasteiger charge is -2.24. The van der Waals surface area contributed by atoms with Crippen molar-refractivity contribution in [2.75, 3.05) is 17.2 Å². The van der Waals surface area contributed by atoms with E-state index in [2.05, 4.69) is 30.6 Å². The summed E-state index contributed by atoms with van der Waals surface area (Å²) in [5, 5.41) is 5.81. The third-order valence-electron chi connectivity index (χ3n) is 7.30. The molecule has 0 spiro atoms. The quantitative estimate of drug-likeness (QED) is 0.204. The summed E-state index contributed by atoms with van der Waals surface area (Å²) in [6.45, 7) is 4.42. The number of halogens is 4. The second kappa shape index (κ2) is 11.6. The Hall–Kier alpha value is -4.98. The fraction of sp³-hybridized carbons (Fsp3) is 0.267. The zero-order valence-electron chi connectivity index (χ0n) is 23.6. The van der Waals surface area contributed by atoms with Gasteiger partial charge < -0.3 is 15.4 Å². The van der Waals surface area contributed by atoms with E-state index in [-0.39, 0.29) is 11.9 Å². The maximum atomic E-state index is 13.7. The highest BCUT2D eigenvalue weighted by molar-refractivity contribution is 6.03. The van der Waals surface area contributed by atoms with E-state index in [9.17, 15) is 22.4 Å². The Morgan fingerprint density at radius 1 is 1.07 bits per heavy atom. The van der Waals surface area contributed by atoms with Crippen LogP contribution in [0.3, 0.4) is 0 Å². The molecule has 5 heterocycles. The lowest BCUT2D eigenvalue weighted by atomic mass is 10.1. The van der Waals surface area contributed by atoms with Crippen LogP contribution in [-0.4, -0.2) is 42.0 Å². The highest BCUT2D eigenvalue weighted by Gasteiger charge is 2.35. The number of fused-ring (bicyclic) bond motifs is 1. The molecule has 226 valence electrons. The Kier molecular flexibility index (Phi) is 7.67. The number of imidazole rings is 1. The lowest BCUT2D eigenvalue weighted by Crippen LogP contribution is -2.19. The monoisotopic (exact) mass is 606 g/mol. The van der Waals surface area contributed by atoms with Gasteiger partial charge in [0, 0.05) is 29.7 Å². The van der Waals surface area contributed by atoms with Gasteiger partial charge in [-0.2, -0.15) is 13.2 Å². The van der Waals surface area contributed by atoms with Gasteiger partial charge in [0.25, 0.3) is 5.91 Å². The molecule has 1 aromatic carbocycles. The van der Waals surface area contributed by atoms with Gasteiger partial charge >= 0.3 is 6.18 Å². The number of rotatable bonds is 6. The van der Waals surface area contributed by atoms with Gasteiger partial charge in [0.05, 0.1) is 11.8 Å². The fourth-order valence-electron chi connectivity index (χ4n) is 5.12. The van der Waals surface area contributed by atoms with Crippen molar-refractivity contribution in [2.45, 2.75) is 45.5 Å². The summed E-state index contributed by atoms with van der Waals surface area (Å²) in [4.78, 5) is 34.6.